The minimum Gasteiger partial charge on any atom is -0.495 e. The van der Waals surface area contributed by atoms with Crippen LogP contribution >= 0.6 is 23.8 Å². The Balaban J connectivity index is 2.08. The minimum absolute atomic E-state index is 0.159. The quantitative estimate of drug-likeness (QED) is 0.770. The summed E-state index contributed by atoms with van der Waals surface area (Å²) in [7, 11) is 1.61. The van der Waals surface area contributed by atoms with Crippen molar-refractivity contribution in [2.75, 3.05) is 12.4 Å². The summed E-state index contributed by atoms with van der Waals surface area (Å²) in [6.07, 6.45) is 0.929. The Labute approximate surface area is 141 Å². The van der Waals surface area contributed by atoms with Gasteiger partial charge >= 0.3 is 0 Å². The van der Waals surface area contributed by atoms with E-state index in [2.05, 4.69) is 29.7 Å². The molecule has 0 aliphatic carbocycles. The molecule has 0 saturated carbocycles. The first kappa shape index (κ1) is 16.6. The largest absolute Gasteiger partial charge is 0.495 e. The molecule has 0 radical (unpaired) electrons. The molecule has 1 atom stereocenters. The van der Waals surface area contributed by atoms with Gasteiger partial charge in [-0.1, -0.05) is 48.9 Å². The van der Waals surface area contributed by atoms with Gasteiger partial charge in [0.25, 0.3) is 0 Å². The SMILES string of the molecule is CCC(NC(=S)Nc1cc(Cl)ccc1OC)c1ccccc1. The molecule has 2 aromatic carbocycles. The van der Waals surface area contributed by atoms with Gasteiger partial charge in [-0.2, -0.15) is 0 Å². The van der Waals surface area contributed by atoms with Crippen LogP contribution in [0.4, 0.5) is 5.69 Å². The number of halogens is 1. The molecule has 22 heavy (non-hydrogen) atoms. The fraction of sp³-hybridized carbons (Fsp3) is 0.235. The van der Waals surface area contributed by atoms with Gasteiger partial charge in [0.15, 0.2) is 5.11 Å². The lowest BCUT2D eigenvalue weighted by Crippen LogP contribution is -2.32. The number of rotatable bonds is 5. The van der Waals surface area contributed by atoms with E-state index in [-0.39, 0.29) is 6.04 Å². The Bertz CT molecular complexity index is 634. The zero-order chi connectivity index (χ0) is 15.9. The summed E-state index contributed by atoms with van der Waals surface area (Å²) in [5.74, 6) is 0.696. The fourth-order valence-corrected chi connectivity index (χ4v) is 2.63. The van der Waals surface area contributed by atoms with E-state index in [1.165, 1.54) is 5.56 Å². The highest BCUT2D eigenvalue weighted by molar-refractivity contribution is 7.80. The van der Waals surface area contributed by atoms with Gasteiger partial charge in [-0.3, -0.25) is 0 Å². The van der Waals surface area contributed by atoms with Crippen molar-refractivity contribution >= 4 is 34.6 Å². The zero-order valence-corrected chi connectivity index (χ0v) is 14.2. The maximum Gasteiger partial charge on any atom is 0.171 e. The summed E-state index contributed by atoms with van der Waals surface area (Å²) in [4.78, 5) is 0. The van der Waals surface area contributed by atoms with Gasteiger partial charge in [0.1, 0.15) is 5.75 Å². The van der Waals surface area contributed by atoms with E-state index >= 15 is 0 Å². The summed E-state index contributed by atoms with van der Waals surface area (Å²) >= 11 is 11.4. The lowest BCUT2D eigenvalue weighted by atomic mass is 10.1. The summed E-state index contributed by atoms with van der Waals surface area (Å²) in [5.41, 5.74) is 1.95. The van der Waals surface area contributed by atoms with Crippen molar-refractivity contribution in [2.45, 2.75) is 19.4 Å². The molecule has 0 amide bonds. The van der Waals surface area contributed by atoms with Crippen LogP contribution in [0.5, 0.6) is 5.75 Å². The second-order valence-electron chi connectivity index (χ2n) is 4.81. The van der Waals surface area contributed by atoms with Crippen LogP contribution in [0.25, 0.3) is 0 Å². The second kappa shape index (κ2) is 8.01. The molecule has 0 saturated heterocycles. The number of benzene rings is 2. The van der Waals surface area contributed by atoms with Crippen LogP contribution in [0, 0.1) is 0 Å². The van der Waals surface area contributed by atoms with Gasteiger partial charge in [0.05, 0.1) is 18.8 Å². The predicted octanol–water partition coefficient (Wildman–Crippen LogP) is 4.79. The van der Waals surface area contributed by atoms with E-state index in [0.29, 0.717) is 15.9 Å². The van der Waals surface area contributed by atoms with Gasteiger partial charge in [-0.15, -0.1) is 0 Å². The summed E-state index contributed by atoms with van der Waals surface area (Å²) < 4.78 is 5.31. The van der Waals surface area contributed by atoms with Crippen LogP contribution in [-0.2, 0) is 0 Å². The highest BCUT2D eigenvalue weighted by atomic mass is 35.5. The Hall–Kier alpha value is -1.78. The van der Waals surface area contributed by atoms with E-state index in [1.807, 2.05) is 24.3 Å². The van der Waals surface area contributed by atoms with Crippen LogP contribution in [0.1, 0.15) is 24.9 Å². The van der Waals surface area contributed by atoms with Crippen molar-refractivity contribution in [2.24, 2.45) is 0 Å². The average molecular weight is 335 g/mol. The first-order valence-corrected chi connectivity index (χ1v) is 7.88. The van der Waals surface area contributed by atoms with Gasteiger partial charge in [-0.25, -0.2) is 0 Å². The normalized spacial score (nSPS) is 11.6. The first-order chi connectivity index (χ1) is 10.6. The van der Waals surface area contributed by atoms with Crippen LogP contribution < -0.4 is 15.4 Å². The van der Waals surface area contributed by atoms with Crippen LogP contribution in [0.3, 0.4) is 0 Å². The summed E-state index contributed by atoms with van der Waals surface area (Å²) in [5, 5.41) is 7.64. The first-order valence-electron chi connectivity index (χ1n) is 7.10. The Morgan fingerprint density at radius 2 is 1.95 bits per heavy atom. The fourth-order valence-electron chi connectivity index (χ4n) is 2.20. The Morgan fingerprint density at radius 3 is 2.59 bits per heavy atom. The molecule has 2 rings (SSSR count). The van der Waals surface area contributed by atoms with Crippen molar-refractivity contribution in [3.05, 3.63) is 59.1 Å². The summed E-state index contributed by atoms with van der Waals surface area (Å²) in [6, 6.07) is 15.8. The van der Waals surface area contributed by atoms with Gasteiger partial charge in [0.2, 0.25) is 0 Å². The van der Waals surface area contributed by atoms with E-state index in [9.17, 15) is 0 Å². The molecule has 0 aromatic heterocycles. The number of thiocarbonyl (C=S) groups is 1. The zero-order valence-electron chi connectivity index (χ0n) is 12.6. The highest BCUT2D eigenvalue weighted by Crippen LogP contribution is 2.27. The number of hydrogen-bond acceptors (Lipinski definition) is 2. The van der Waals surface area contributed by atoms with Crippen molar-refractivity contribution in [1.82, 2.24) is 5.32 Å². The molecular formula is C17H19ClN2OS. The third-order valence-electron chi connectivity index (χ3n) is 3.33. The number of hydrogen-bond donors (Lipinski definition) is 2. The predicted molar refractivity (Wildman–Crippen MR) is 96.8 cm³/mol. The summed E-state index contributed by atoms with van der Waals surface area (Å²) in [6.45, 7) is 2.12. The standard InChI is InChI=1S/C17H19ClN2OS/c1-3-14(12-7-5-4-6-8-12)19-17(22)20-15-11-13(18)9-10-16(15)21-2/h4-11,14H,3H2,1-2H3,(H2,19,20,22). The maximum absolute atomic E-state index is 6.03. The van der Waals surface area contributed by atoms with E-state index < -0.39 is 0 Å². The van der Waals surface area contributed by atoms with Gasteiger partial charge < -0.3 is 15.4 Å². The van der Waals surface area contributed by atoms with Crippen molar-refractivity contribution in [3.63, 3.8) is 0 Å². The molecule has 0 fully saturated rings. The molecule has 0 aliphatic heterocycles. The third-order valence-corrected chi connectivity index (χ3v) is 3.78. The smallest absolute Gasteiger partial charge is 0.171 e. The number of methoxy groups -OCH3 is 1. The maximum atomic E-state index is 6.03. The Morgan fingerprint density at radius 1 is 1.23 bits per heavy atom. The molecule has 5 heteroatoms. The van der Waals surface area contributed by atoms with E-state index in [1.54, 1.807) is 19.2 Å². The average Bonchev–Trinajstić information content (AvgIpc) is 2.53. The second-order valence-corrected chi connectivity index (χ2v) is 5.66. The third kappa shape index (κ3) is 4.36. The van der Waals surface area contributed by atoms with Gasteiger partial charge in [0, 0.05) is 5.02 Å². The van der Waals surface area contributed by atoms with Crippen LogP contribution in [0.2, 0.25) is 5.02 Å². The lowest BCUT2D eigenvalue weighted by Gasteiger charge is -2.20. The molecule has 2 N–H and O–H groups in total. The molecule has 2 aromatic rings. The van der Waals surface area contributed by atoms with Crippen molar-refractivity contribution < 1.29 is 4.74 Å². The topological polar surface area (TPSA) is 33.3 Å². The minimum atomic E-state index is 0.159. The molecule has 0 heterocycles. The van der Waals surface area contributed by atoms with Crippen LogP contribution in [-0.4, -0.2) is 12.2 Å². The van der Waals surface area contributed by atoms with Crippen molar-refractivity contribution in [1.29, 1.82) is 0 Å². The monoisotopic (exact) mass is 334 g/mol. The van der Waals surface area contributed by atoms with E-state index in [0.717, 1.165) is 12.1 Å². The molecule has 116 valence electrons. The molecular weight excluding hydrogens is 316 g/mol. The molecule has 0 spiro atoms. The van der Waals surface area contributed by atoms with E-state index in [4.69, 9.17) is 28.6 Å². The van der Waals surface area contributed by atoms with Crippen molar-refractivity contribution in [3.8, 4) is 5.75 Å². The van der Waals surface area contributed by atoms with Gasteiger partial charge in [-0.05, 0) is 42.4 Å². The molecule has 1 unspecified atom stereocenters. The molecule has 3 nitrogen and oxygen atoms in total. The van der Waals surface area contributed by atoms with Crippen LogP contribution in [0.15, 0.2) is 48.5 Å². The molecule has 0 aliphatic rings. The Kier molecular flexibility index (Phi) is 6.04. The number of ether oxygens (including phenoxy) is 1. The lowest BCUT2D eigenvalue weighted by molar-refractivity contribution is 0.417. The number of nitrogens with one attached hydrogen (secondary N) is 2. The molecule has 0 bridgehead atoms. The highest BCUT2D eigenvalue weighted by Gasteiger charge is 2.11. The number of anilines is 1.